The largest absolute Gasteiger partial charge is 0.371 e. The molecule has 0 N–H and O–H groups in total. The van der Waals surface area contributed by atoms with Gasteiger partial charge in [0.1, 0.15) is 6.61 Å². The van der Waals surface area contributed by atoms with Crippen molar-refractivity contribution >= 4 is 29.0 Å². The van der Waals surface area contributed by atoms with Crippen molar-refractivity contribution in [3.05, 3.63) is 33.8 Å². The summed E-state index contributed by atoms with van der Waals surface area (Å²) in [6.45, 7) is 3.90. The Kier molecular flexibility index (Phi) is 5.26. The molecule has 0 aliphatic carbocycles. The van der Waals surface area contributed by atoms with E-state index in [4.69, 9.17) is 27.9 Å². The molecular weight excluding hydrogens is 247 g/mol. The molecule has 0 bridgehead atoms. The average Bonchev–Trinajstić information content (AvgIpc) is 2.19. The van der Waals surface area contributed by atoms with Crippen LogP contribution < -0.4 is 0 Å². The van der Waals surface area contributed by atoms with Crippen molar-refractivity contribution in [3.63, 3.8) is 0 Å². The van der Waals surface area contributed by atoms with Crippen molar-refractivity contribution in [3.8, 4) is 0 Å². The third-order valence-corrected chi connectivity index (χ3v) is 2.57. The molecule has 1 aromatic rings. The van der Waals surface area contributed by atoms with E-state index in [9.17, 15) is 4.79 Å². The van der Waals surface area contributed by atoms with Crippen LogP contribution in [0, 0.1) is 0 Å². The molecule has 88 valence electrons. The molecule has 0 fully saturated rings. The van der Waals surface area contributed by atoms with Gasteiger partial charge in [0.05, 0.1) is 6.10 Å². The molecule has 4 heteroatoms. The lowest BCUT2D eigenvalue weighted by Gasteiger charge is -2.07. The summed E-state index contributed by atoms with van der Waals surface area (Å²) in [6, 6.07) is 5.12. The van der Waals surface area contributed by atoms with Gasteiger partial charge in [0, 0.05) is 16.5 Å². The Bertz CT molecular complexity index is 375. The van der Waals surface area contributed by atoms with Gasteiger partial charge >= 0.3 is 0 Å². The van der Waals surface area contributed by atoms with E-state index in [2.05, 4.69) is 0 Å². The number of carbonyl (C=O) groups is 1. The van der Waals surface area contributed by atoms with Gasteiger partial charge in [-0.1, -0.05) is 29.3 Å². The second-order valence-electron chi connectivity index (χ2n) is 3.81. The zero-order chi connectivity index (χ0) is 12.1. The van der Waals surface area contributed by atoms with E-state index in [1.54, 1.807) is 18.2 Å². The van der Waals surface area contributed by atoms with E-state index in [-0.39, 0.29) is 24.9 Å². The van der Waals surface area contributed by atoms with E-state index in [1.807, 2.05) is 13.8 Å². The molecule has 0 aromatic heterocycles. The molecule has 0 saturated carbocycles. The van der Waals surface area contributed by atoms with Crippen molar-refractivity contribution in [2.24, 2.45) is 0 Å². The lowest BCUT2D eigenvalue weighted by molar-refractivity contribution is -0.124. The first kappa shape index (κ1) is 13.5. The Hall–Kier alpha value is -0.570. The number of rotatable bonds is 5. The maximum atomic E-state index is 11.5. The third kappa shape index (κ3) is 4.52. The normalized spacial score (nSPS) is 10.8. The molecule has 0 aliphatic heterocycles. The van der Waals surface area contributed by atoms with Crippen LogP contribution in [0.5, 0.6) is 0 Å². The molecule has 0 spiro atoms. The maximum Gasteiger partial charge on any atom is 0.162 e. The number of carbonyl (C=O) groups excluding carboxylic acids is 1. The Morgan fingerprint density at radius 1 is 1.38 bits per heavy atom. The van der Waals surface area contributed by atoms with Crippen LogP contribution in [0.3, 0.4) is 0 Å². The van der Waals surface area contributed by atoms with Crippen molar-refractivity contribution in [2.45, 2.75) is 26.4 Å². The summed E-state index contributed by atoms with van der Waals surface area (Å²) >= 11 is 11.7. The minimum absolute atomic E-state index is 0.0120. The van der Waals surface area contributed by atoms with Crippen molar-refractivity contribution in [1.29, 1.82) is 0 Å². The summed E-state index contributed by atoms with van der Waals surface area (Å²) in [4.78, 5) is 11.5. The van der Waals surface area contributed by atoms with E-state index in [1.165, 1.54) is 0 Å². The highest BCUT2D eigenvalue weighted by Crippen LogP contribution is 2.21. The lowest BCUT2D eigenvalue weighted by atomic mass is 10.1. The number of hydrogen-bond donors (Lipinski definition) is 0. The highest BCUT2D eigenvalue weighted by atomic mass is 35.5. The van der Waals surface area contributed by atoms with Crippen LogP contribution in [-0.4, -0.2) is 18.5 Å². The smallest absolute Gasteiger partial charge is 0.162 e. The fourth-order valence-electron chi connectivity index (χ4n) is 1.19. The molecule has 0 aliphatic rings. The van der Waals surface area contributed by atoms with Gasteiger partial charge in [-0.15, -0.1) is 0 Å². The fourth-order valence-corrected chi connectivity index (χ4v) is 1.66. The van der Waals surface area contributed by atoms with Crippen LogP contribution in [0.4, 0.5) is 0 Å². The zero-order valence-corrected chi connectivity index (χ0v) is 10.8. The van der Waals surface area contributed by atoms with E-state index in [0.717, 1.165) is 5.56 Å². The summed E-state index contributed by atoms with van der Waals surface area (Å²) in [6.07, 6.45) is 0.340. The van der Waals surface area contributed by atoms with Gasteiger partial charge in [0.15, 0.2) is 5.78 Å². The van der Waals surface area contributed by atoms with Crippen LogP contribution in [0.1, 0.15) is 19.4 Å². The number of ether oxygens (including phenoxy) is 1. The molecule has 0 atom stereocenters. The van der Waals surface area contributed by atoms with Crippen LogP contribution in [0.2, 0.25) is 10.0 Å². The Labute approximate surface area is 106 Å². The molecule has 0 saturated heterocycles. The summed E-state index contributed by atoms with van der Waals surface area (Å²) in [5.74, 6) is 0.0120. The Morgan fingerprint density at radius 2 is 2.06 bits per heavy atom. The summed E-state index contributed by atoms with van der Waals surface area (Å²) in [5.41, 5.74) is 0.781. The van der Waals surface area contributed by atoms with Gasteiger partial charge in [-0.2, -0.15) is 0 Å². The standard InChI is InChI=1S/C12H14Cl2O2/c1-8(2)16-7-11(15)5-9-3-4-10(13)6-12(9)14/h3-4,6,8H,5,7H2,1-2H3. The minimum Gasteiger partial charge on any atom is -0.371 e. The molecular formula is C12H14Cl2O2. The Morgan fingerprint density at radius 3 is 2.62 bits per heavy atom. The van der Waals surface area contributed by atoms with Crippen LogP contribution in [0.25, 0.3) is 0 Å². The second-order valence-corrected chi connectivity index (χ2v) is 4.65. The highest BCUT2D eigenvalue weighted by molar-refractivity contribution is 6.35. The van der Waals surface area contributed by atoms with Gasteiger partial charge < -0.3 is 4.74 Å². The molecule has 0 unspecified atom stereocenters. The molecule has 0 amide bonds. The third-order valence-electron chi connectivity index (χ3n) is 1.98. The quantitative estimate of drug-likeness (QED) is 0.810. The van der Waals surface area contributed by atoms with Crippen LogP contribution in [-0.2, 0) is 16.0 Å². The molecule has 1 rings (SSSR count). The van der Waals surface area contributed by atoms with E-state index >= 15 is 0 Å². The number of ketones is 1. The van der Waals surface area contributed by atoms with Crippen molar-refractivity contribution in [2.75, 3.05) is 6.61 Å². The van der Waals surface area contributed by atoms with E-state index < -0.39 is 0 Å². The van der Waals surface area contributed by atoms with Gasteiger partial charge in [0.2, 0.25) is 0 Å². The van der Waals surface area contributed by atoms with Crippen molar-refractivity contribution < 1.29 is 9.53 Å². The molecule has 16 heavy (non-hydrogen) atoms. The van der Waals surface area contributed by atoms with E-state index in [0.29, 0.717) is 10.0 Å². The van der Waals surface area contributed by atoms with Gasteiger partial charge in [-0.25, -0.2) is 0 Å². The lowest BCUT2D eigenvalue weighted by Crippen LogP contribution is -2.15. The first-order valence-corrected chi connectivity index (χ1v) is 5.82. The van der Waals surface area contributed by atoms with Crippen LogP contribution >= 0.6 is 23.2 Å². The molecule has 1 aromatic carbocycles. The topological polar surface area (TPSA) is 26.3 Å². The monoisotopic (exact) mass is 260 g/mol. The van der Waals surface area contributed by atoms with Gasteiger partial charge in [-0.05, 0) is 31.5 Å². The molecule has 2 nitrogen and oxygen atoms in total. The molecule has 0 heterocycles. The second kappa shape index (κ2) is 6.24. The predicted octanol–water partition coefficient (Wildman–Crippen LogP) is 3.53. The summed E-state index contributed by atoms with van der Waals surface area (Å²) < 4.78 is 5.22. The average molecular weight is 261 g/mol. The predicted molar refractivity (Wildman–Crippen MR) is 66.3 cm³/mol. The van der Waals surface area contributed by atoms with Gasteiger partial charge in [0.25, 0.3) is 0 Å². The first-order valence-electron chi connectivity index (χ1n) is 5.06. The number of Topliss-reactive ketones (excluding diaryl/α,β-unsaturated/α-hetero) is 1. The number of benzene rings is 1. The molecule has 0 radical (unpaired) electrons. The minimum atomic E-state index is 0.0120. The maximum absolute atomic E-state index is 11.5. The van der Waals surface area contributed by atoms with Crippen molar-refractivity contribution in [1.82, 2.24) is 0 Å². The highest BCUT2D eigenvalue weighted by Gasteiger charge is 2.08. The zero-order valence-electron chi connectivity index (χ0n) is 9.30. The number of halogens is 2. The summed E-state index contributed by atoms with van der Waals surface area (Å²) in [5, 5.41) is 1.09. The SMILES string of the molecule is CC(C)OCC(=O)Cc1ccc(Cl)cc1Cl. The number of hydrogen-bond acceptors (Lipinski definition) is 2. The van der Waals surface area contributed by atoms with Crippen LogP contribution in [0.15, 0.2) is 18.2 Å². The first-order chi connectivity index (χ1) is 7.49. The fraction of sp³-hybridized carbons (Fsp3) is 0.417. The summed E-state index contributed by atoms with van der Waals surface area (Å²) in [7, 11) is 0. The Balaban J connectivity index is 2.56. The van der Waals surface area contributed by atoms with Gasteiger partial charge in [-0.3, -0.25) is 4.79 Å².